The maximum Gasteiger partial charge on any atom is 0.472 e. The Labute approximate surface area is 307 Å². The van der Waals surface area contributed by atoms with Crippen molar-refractivity contribution in [3.05, 3.63) is 0 Å². The van der Waals surface area contributed by atoms with Gasteiger partial charge in [0, 0.05) is 19.4 Å². The Morgan fingerprint density at radius 2 is 0.860 bits per heavy atom. The number of phosphoric acid groups is 1. The van der Waals surface area contributed by atoms with Crippen LogP contribution in [0.1, 0.15) is 213 Å². The SMILES string of the molecule is CCCCCCCCCCCCCCCCCC(=O)O[C@H](COC(=O)CCCCCCCCCCCCCCCC)COP(=O)(O)OCCN. The summed E-state index contributed by atoms with van der Waals surface area (Å²) in [5.41, 5.74) is 5.34. The smallest absolute Gasteiger partial charge is 0.462 e. The minimum Gasteiger partial charge on any atom is -0.462 e. The van der Waals surface area contributed by atoms with Gasteiger partial charge in [-0.3, -0.25) is 18.6 Å². The molecule has 0 spiro atoms. The van der Waals surface area contributed by atoms with Crippen LogP contribution in [0.3, 0.4) is 0 Å². The van der Waals surface area contributed by atoms with Crippen LogP contribution in [0.25, 0.3) is 0 Å². The molecular weight excluding hydrogens is 653 g/mol. The molecule has 0 aromatic rings. The van der Waals surface area contributed by atoms with Crippen LogP contribution in [0.4, 0.5) is 0 Å². The average molecular weight is 734 g/mol. The van der Waals surface area contributed by atoms with Crippen molar-refractivity contribution >= 4 is 19.8 Å². The standard InChI is InChI=1S/C40H80NO8P/c1-3-5-7-9-11-13-15-17-19-21-23-25-27-29-31-33-40(43)49-38(37-48-50(44,45)47-35-34-41)36-46-39(42)32-30-28-26-24-22-20-18-16-14-12-10-8-6-4-2/h38H,3-37,41H2,1-2H3,(H,44,45)/t38-/m1/s1. The molecule has 0 saturated carbocycles. The zero-order chi connectivity index (χ0) is 36.8. The van der Waals surface area contributed by atoms with Crippen LogP contribution in [0.15, 0.2) is 0 Å². The first-order valence-corrected chi connectivity index (χ1v) is 22.5. The minimum absolute atomic E-state index is 0.0580. The van der Waals surface area contributed by atoms with Crippen molar-refractivity contribution in [1.29, 1.82) is 0 Å². The number of unbranched alkanes of at least 4 members (excludes halogenated alkanes) is 27. The number of phosphoric ester groups is 1. The number of nitrogens with two attached hydrogens (primary N) is 1. The number of hydrogen-bond donors (Lipinski definition) is 2. The summed E-state index contributed by atoms with van der Waals surface area (Å²) in [6.45, 7) is 3.76. The molecule has 0 fully saturated rings. The molecule has 0 saturated heterocycles. The fraction of sp³-hybridized carbons (Fsp3) is 0.950. The molecule has 50 heavy (non-hydrogen) atoms. The van der Waals surface area contributed by atoms with Gasteiger partial charge >= 0.3 is 19.8 Å². The van der Waals surface area contributed by atoms with Gasteiger partial charge in [-0.2, -0.15) is 0 Å². The monoisotopic (exact) mass is 734 g/mol. The zero-order valence-corrected chi connectivity index (χ0v) is 33.6. The molecule has 10 heteroatoms. The molecule has 0 amide bonds. The van der Waals surface area contributed by atoms with Crippen molar-refractivity contribution in [2.24, 2.45) is 5.73 Å². The Bertz CT molecular complexity index is 799. The van der Waals surface area contributed by atoms with Crippen LogP contribution in [0.5, 0.6) is 0 Å². The first-order chi connectivity index (χ1) is 24.3. The lowest BCUT2D eigenvalue weighted by Gasteiger charge is -2.19. The van der Waals surface area contributed by atoms with E-state index in [4.69, 9.17) is 24.3 Å². The molecule has 0 aliphatic carbocycles. The topological polar surface area (TPSA) is 134 Å². The highest BCUT2D eigenvalue weighted by Crippen LogP contribution is 2.43. The van der Waals surface area contributed by atoms with Gasteiger partial charge in [0.05, 0.1) is 13.2 Å². The van der Waals surface area contributed by atoms with E-state index in [0.29, 0.717) is 6.42 Å². The normalized spacial score (nSPS) is 13.3. The maximum atomic E-state index is 12.6. The van der Waals surface area contributed by atoms with E-state index in [-0.39, 0.29) is 38.6 Å². The van der Waals surface area contributed by atoms with Crippen LogP contribution in [0.2, 0.25) is 0 Å². The predicted molar refractivity (Wildman–Crippen MR) is 206 cm³/mol. The summed E-state index contributed by atoms with van der Waals surface area (Å²) in [7, 11) is -4.36. The van der Waals surface area contributed by atoms with Crippen LogP contribution in [-0.2, 0) is 32.7 Å². The maximum absolute atomic E-state index is 12.6. The zero-order valence-electron chi connectivity index (χ0n) is 32.7. The fourth-order valence-electron chi connectivity index (χ4n) is 6.11. The van der Waals surface area contributed by atoms with E-state index >= 15 is 0 Å². The van der Waals surface area contributed by atoms with E-state index in [2.05, 4.69) is 13.8 Å². The summed E-state index contributed by atoms with van der Waals surface area (Å²) in [4.78, 5) is 34.8. The molecule has 0 heterocycles. The number of carbonyl (C=O) groups is 2. The quantitative estimate of drug-likeness (QED) is 0.0358. The van der Waals surface area contributed by atoms with Crippen molar-refractivity contribution in [3.8, 4) is 0 Å². The molecule has 0 aliphatic heterocycles. The Balaban J connectivity index is 4.13. The van der Waals surface area contributed by atoms with Crippen molar-refractivity contribution in [2.45, 2.75) is 219 Å². The van der Waals surface area contributed by atoms with Crippen LogP contribution >= 0.6 is 7.82 Å². The highest BCUT2D eigenvalue weighted by Gasteiger charge is 2.26. The van der Waals surface area contributed by atoms with Gasteiger partial charge in [-0.25, -0.2) is 4.57 Å². The molecule has 2 atom stereocenters. The van der Waals surface area contributed by atoms with Crippen LogP contribution < -0.4 is 5.73 Å². The summed E-state index contributed by atoms with van der Waals surface area (Å²) >= 11 is 0. The molecule has 0 aliphatic rings. The number of esters is 2. The third-order valence-corrected chi connectivity index (χ3v) is 10.2. The van der Waals surface area contributed by atoms with E-state index in [1.807, 2.05) is 0 Å². The van der Waals surface area contributed by atoms with E-state index in [1.54, 1.807) is 0 Å². The highest BCUT2D eigenvalue weighted by atomic mass is 31.2. The summed E-state index contributed by atoms with van der Waals surface area (Å²) in [5, 5.41) is 0. The Hall–Kier alpha value is -0.990. The lowest BCUT2D eigenvalue weighted by Crippen LogP contribution is -2.29. The number of carbonyl (C=O) groups excluding carboxylic acids is 2. The van der Waals surface area contributed by atoms with E-state index in [1.165, 1.54) is 148 Å². The molecule has 298 valence electrons. The number of hydrogen-bond acceptors (Lipinski definition) is 8. The van der Waals surface area contributed by atoms with Crippen molar-refractivity contribution in [3.63, 3.8) is 0 Å². The molecule has 0 rings (SSSR count). The van der Waals surface area contributed by atoms with Crippen molar-refractivity contribution in [1.82, 2.24) is 0 Å². The fourth-order valence-corrected chi connectivity index (χ4v) is 6.87. The van der Waals surface area contributed by atoms with Crippen LogP contribution in [0, 0.1) is 0 Å². The summed E-state index contributed by atoms with van der Waals surface area (Å²) in [5.74, 6) is -0.814. The molecule has 0 bridgehead atoms. The first-order valence-electron chi connectivity index (χ1n) is 21.0. The molecule has 3 N–H and O–H groups in total. The second-order valence-electron chi connectivity index (χ2n) is 14.2. The third-order valence-electron chi connectivity index (χ3n) is 9.24. The minimum atomic E-state index is -4.36. The largest absolute Gasteiger partial charge is 0.472 e. The van der Waals surface area contributed by atoms with Crippen LogP contribution in [-0.4, -0.2) is 49.3 Å². The molecule has 0 radical (unpaired) electrons. The Kier molecular flexibility index (Phi) is 37.0. The van der Waals surface area contributed by atoms with Gasteiger partial charge in [0.15, 0.2) is 6.10 Å². The van der Waals surface area contributed by atoms with E-state index in [9.17, 15) is 19.0 Å². The van der Waals surface area contributed by atoms with Gasteiger partial charge < -0.3 is 20.1 Å². The van der Waals surface area contributed by atoms with Gasteiger partial charge in [-0.15, -0.1) is 0 Å². The Morgan fingerprint density at radius 3 is 1.22 bits per heavy atom. The van der Waals surface area contributed by atoms with Gasteiger partial charge in [-0.1, -0.05) is 187 Å². The first kappa shape index (κ1) is 49.0. The molecule has 0 aromatic carbocycles. The lowest BCUT2D eigenvalue weighted by molar-refractivity contribution is -0.161. The summed E-state index contributed by atoms with van der Waals surface area (Å²) in [6.07, 6.45) is 35.5. The second kappa shape index (κ2) is 37.8. The summed E-state index contributed by atoms with van der Waals surface area (Å²) < 4.78 is 32.7. The number of ether oxygens (including phenoxy) is 2. The number of rotatable bonds is 40. The lowest BCUT2D eigenvalue weighted by atomic mass is 10.0. The van der Waals surface area contributed by atoms with Gasteiger partial charge in [-0.05, 0) is 12.8 Å². The van der Waals surface area contributed by atoms with Crippen molar-refractivity contribution < 1.29 is 37.6 Å². The van der Waals surface area contributed by atoms with E-state index in [0.717, 1.165) is 32.1 Å². The van der Waals surface area contributed by atoms with Gasteiger partial charge in [0.1, 0.15) is 6.61 Å². The average Bonchev–Trinajstić information content (AvgIpc) is 3.10. The predicted octanol–water partition coefficient (Wildman–Crippen LogP) is 11.7. The molecule has 9 nitrogen and oxygen atoms in total. The molecular formula is C40H80NO8P. The second-order valence-corrected chi connectivity index (χ2v) is 15.7. The van der Waals surface area contributed by atoms with Crippen molar-refractivity contribution in [2.75, 3.05) is 26.4 Å². The summed E-state index contributed by atoms with van der Waals surface area (Å²) in [6, 6.07) is 0. The molecule has 1 unspecified atom stereocenters. The van der Waals surface area contributed by atoms with Gasteiger partial charge in [0.2, 0.25) is 0 Å². The van der Waals surface area contributed by atoms with E-state index < -0.39 is 26.5 Å². The third kappa shape index (κ3) is 36.8. The Morgan fingerprint density at radius 1 is 0.520 bits per heavy atom. The van der Waals surface area contributed by atoms with Gasteiger partial charge in [0.25, 0.3) is 0 Å². The molecule has 0 aromatic heterocycles. The highest BCUT2D eigenvalue weighted by molar-refractivity contribution is 7.47.